The largest absolute Gasteiger partial charge is 0.626 e. The number of benzene rings is 2. The monoisotopic (exact) mass is 394 g/mol. The van der Waals surface area contributed by atoms with Crippen molar-refractivity contribution in [2.24, 2.45) is 0 Å². The summed E-state index contributed by atoms with van der Waals surface area (Å²) in [7, 11) is 0.993. The first-order chi connectivity index (χ1) is 13.1. The Kier molecular flexibility index (Phi) is 5.06. The maximum Gasteiger partial charge on any atom is 0.224 e. The van der Waals surface area contributed by atoms with Crippen LogP contribution in [0.1, 0.15) is 16.7 Å². The number of hydrogen-bond donors (Lipinski definition) is 1. The second-order valence-corrected chi connectivity index (χ2v) is 6.94. The molecule has 0 aliphatic rings. The van der Waals surface area contributed by atoms with Crippen molar-refractivity contribution in [1.29, 1.82) is 5.26 Å². The van der Waals surface area contributed by atoms with Gasteiger partial charge < -0.3 is 21.0 Å². The van der Waals surface area contributed by atoms with Crippen molar-refractivity contribution in [3.05, 3.63) is 62.7 Å². The quantitative estimate of drug-likeness (QED) is 0.299. The van der Waals surface area contributed by atoms with E-state index in [0.29, 0.717) is 16.5 Å². The Bertz CT molecular complexity index is 1140. The van der Waals surface area contributed by atoms with Crippen LogP contribution in [0.2, 0.25) is 5.28 Å². The highest BCUT2D eigenvalue weighted by Gasteiger charge is 2.19. The summed E-state index contributed by atoms with van der Waals surface area (Å²) in [6.07, 6.45) is 3.11. The molecule has 0 saturated carbocycles. The summed E-state index contributed by atoms with van der Waals surface area (Å²) >= 11 is 6.01. The normalized spacial score (nSPS) is 11.9. The number of fused-ring (bicyclic) bond motifs is 1. The Balaban J connectivity index is 2.40. The van der Waals surface area contributed by atoms with E-state index in [2.05, 4.69) is 9.97 Å². The van der Waals surface area contributed by atoms with E-state index >= 15 is 0 Å². The van der Waals surface area contributed by atoms with Gasteiger partial charge in [-0.05, 0) is 53.8 Å². The zero-order valence-electron chi connectivity index (χ0n) is 15.5. The summed E-state index contributed by atoms with van der Waals surface area (Å²) in [5.41, 5.74) is 10.4. The summed E-state index contributed by atoms with van der Waals surface area (Å²) in [5.74, 6) is 0.0930. The zero-order chi connectivity index (χ0) is 20.6. The second-order valence-electron chi connectivity index (χ2n) is 6.61. The molecule has 142 valence electrons. The molecule has 0 amide bonds. The molecule has 8 heteroatoms. The van der Waals surface area contributed by atoms with Crippen molar-refractivity contribution in [2.45, 2.75) is 13.8 Å². The average molecular weight is 395 g/mol. The number of quaternary nitrogens is 1. The van der Waals surface area contributed by atoms with Gasteiger partial charge in [-0.15, -0.1) is 0 Å². The van der Waals surface area contributed by atoms with E-state index in [1.807, 2.05) is 32.0 Å². The molecule has 0 atom stereocenters. The molecule has 7 nitrogen and oxygen atoms in total. The number of allylic oxidation sites excluding steroid dienone is 1. The summed E-state index contributed by atoms with van der Waals surface area (Å²) in [4.78, 5) is 6.36. The minimum Gasteiger partial charge on any atom is -0.626 e. The van der Waals surface area contributed by atoms with Gasteiger partial charge in [-0.1, -0.05) is 12.1 Å². The molecule has 0 aliphatic heterocycles. The van der Waals surface area contributed by atoms with Gasteiger partial charge in [0.25, 0.3) is 0 Å². The SMILES string of the molecule is Cc1cc(/C=C/C#N)cc(C)c1-c1cc([N+](C)([O-])[O-])cc2c(N)nc(Cl)nc12. The molecule has 1 aromatic heterocycles. The highest BCUT2D eigenvalue weighted by molar-refractivity contribution is 6.29. The Labute approximate surface area is 167 Å². The van der Waals surface area contributed by atoms with Crippen molar-refractivity contribution in [3.63, 3.8) is 0 Å². The van der Waals surface area contributed by atoms with E-state index in [0.717, 1.165) is 29.3 Å². The molecule has 3 aromatic rings. The first-order valence-corrected chi connectivity index (χ1v) is 8.73. The van der Waals surface area contributed by atoms with Crippen LogP contribution in [0.5, 0.6) is 0 Å². The number of nitrogen functional groups attached to an aromatic ring is 1. The molecule has 0 aliphatic carbocycles. The average Bonchev–Trinajstić information content (AvgIpc) is 2.58. The number of rotatable bonds is 3. The molecule has 28 heavy (non-hydrogen) atoms. The zero-order valence-corrected chi connectivity index (χ0v) is 16.3. The summed E-state index contributed by atoms with van der Waals surface area (Å²) in [5, 5.41) is 33.3. The van der Waals surface area contributed by atoms with E-state index < -0.39 is 4.81 Å². The Hall–Kier alpha value is -3.02. The van der Waals surface area contributed by atoms with E-state index in [9.17, 15) is 10.4 Å². The van der Waals surface area contributed by atoms with Crippen LogP contribution in [0.4, 0.5) is 11.5 Å². The van der Waals surface area contributed by atoms with Crippen LogP contribution in [0, 0.1) is 35.6 Å². The standard InChI is InChI=1S/C20H17ClN5O2/c1-11-7-13(5-4-6-22)8-12(2)17(11)15-9-14(26(3,27)28)10-16-18(15)24-20(21)25-19(16)23/h4-5,7-10H,1-3H3,(H2,23,24,25)/q-1/b5-4+. The van der Waals surface area contributed by atoms with Gasteiger partial charge in [-0.3, -0.25) is 0 Å². The van der Waals surface area contributed by atoms with Crippen LogP contribution >= 0.6 is 11.6 Å². The van der Waals surface area contributed by atoms with Crippen molar-refractivity contribution in [1.82, 2.24) is 14.8 Å². The van der Waals surface area contributed by atoms with Crippen LogP contribution < -0.4 is 10.5 Å². The predicted octanol–water partition coefficient (Wildman–Crippen LogP) is 4.62. The van der Waals surface area contributed by atoms with Crippen molar-refractivity contribution in [2.75, 3.05) is 12.8 Å². The molecule has 0 spiro atoms. The van der Waals surface area contributed by atoms with E-state index in [4.69, 9.17) is 22.6 Å². The number of hydroxylamine groups is 2. The predicted molar refractivity (Wildman–Crippen MR) is 113 cm³/mol. The van der Waals surface area contributed by atoms with Crippen LogP contribution in [0.25, 0.3) is 28.1 Å². The molecule has 1 heterocycles. The Morgan fingerprint density at radius 2 is 1.79 bits per heavy atom. The fourth-order valence-corrected chi connectivity index (χ4v) is 3.46. The smallest absolute Gasteiger partial charge is 0.224 e. The summed E-state index contributed by atoms with van der Waals surface area (Å²) in [6.45, 7) is 3.80. The minimum absolute atomic E-state index is 0.0209. The highest BCUT2D eigenvalue weighted by atomic mass is 35.5. The second kappa shape index (κ2) is 7.19. The van der Waals surface area contributed by atoms with Gasteiger partial charge in [0.2, 0.25) is 5.28 Å². The number of hydrogen-bond acceptors (Lipinski definition) is 6. The van der Waals surface area contributed by atoms with Gasteiger partial charge >= 0.3 is 0 Å². The van der Waals surface area contributed by atoms with Gasteiger partial charge in [0.05, 0.1) is 18.6 Å². The topological polar surface area (TPSA) is 122 Å². The molecule has 0 bridgehead atoms. The third-order valence-electron chi connectivity index (χ3n) is 4.43. The number of nitrogens with two attached hydrogens (primary N) is 1. The Morgan fingerprint density at radius 1 is 1.14 bits per heavy atom. The fourth-order valence-electron chi connectivity index (χ4n) is 3.29. The van der Waals surface area contributed by atoms with Crippen LogP contribution in [-0.4, -0.2) is 17.0 Å². The van der Waals surface area contributed by atoms with Gasteiger partial charge in [0.1, 0.15) is 11.5 Å². The third-order valence-corrected chi connectivity index (χ3v) is 4.60. The summed E-state index contributed by atoms with van der Waals surface area (Å²) < 4.78 is 0. The lowest BCUT2D eigenvalue weighted by molar-refractivity contribution is 0.605. The van der Waals surface area contributed by atoms with Gasteiger partial charge in [0, 0.05) is 29.2 Å². The van der Waals surface area contributed by atoms with Gasteiger partial charge in [-0.25, -0.2) is 9.97 Å². The van der Waals surface area contributed by atoms with Crippen molar-refractivity contribution in [3.8, 4) is 17.2 Å². The number of aryl methyl sites for hydroxylation is 2. The Morgan fingerprint density at radius 3 is 2.36 bits per heavy atom. The molecule has 0 fully saturated rings. The maximum atomic E-state index is 12.1. The molecule has 2 aromatic carbocycles. The number of anilines is 1. The molecule has 0 unspecified atom stereocenters. The van der Waals surface area contributed by atoms with E-state index in [1.165, 1.54) is 18.2 Å². The van der Waals surface area contributed by atoms with E-state index in [-0.39, 0.29) is 16.8 Å². The van der Waals surface area contributed by atoms with Crippen LogP contribution in [0.3, 0.4) is 0 Å². The van der Waals surface area contributed by atoms with Gasteiger partial charge in [-0.2, -0.15) is 5.26 Å². The van der Waals surface area contributed by atoms with E-state index in [1.54, 1.807) is 6.08 Å². The third kappa shape index (κ3) is 3.67. The lowest BCUT2D eigenvalue weighted by Crippen LogP contribution is -2.29. The lowest BCUT2D eigenvalue weighted by Gasteiger charge is -2.42. The molecular formula is C20H17ClN5O2-. The molecule has 0 radical (unpaired) electrons. The molecule has 2 N–H and O–H groups in total. The van der Waals surface area contributed by atoms with Crippen LogP contribution in [0.15, 0.2) is 30.3 Å². The molecular weight excluding hydrogens is 378 g/mol. The molecule has 0 saturated heterocycles. The lowest BCUT2D eigenvalue weighted by atomic mass is 9.91. The fraction of sp³-hybridized carbons (Fsp3) is 0.150. The van der Waals surface area contributed by atoms with Crippen molar-refractivity contribution < 1.29 is 0 Å². The number of aromatic nitrogens is 2. The summed E-state index contributed by atoms with van der Waals surface area (Å²) in [6, 6.07) is 8.70. The van der Waals surface area contributed by atoms with Gasteiger partial charge in [0.15, 0.2) is 0 Å². The number of nitrogens with zero attached hydrogens (tertiary/aromatic N) is 4. The minimum atomic E-state index is -1.87. The first-order valence-electron chi connectivity index (χ1n) is 8.35. The number of nitriles is 1. The van der Waals surface area contributed by atoms with Crippen LogP contribution in [-0.2, 0) is 0 Å². The number of halogens is 1. The first kappa shape index (κ1) is 19.7. The molecule has 3 rings (SSSR count). The maximum absolute atomic E-state index is 12.1. The van der Waals surface area contributed by atoms with Crippen molar-refractivity contribution >= 4 is 40.1 Å². The highest BCUT2D eigenvalue weighted by Crippen LogP contribution is 2.39.